The summed E-state index contributed by atoms with van der Waals surface area (Å²) in [5.74, 6) is 2.81. The Morgan fingerprint density at radius 2 is 1.52 bits per heavy atom. The van der Waals surface area contributed by atoms with Crippen molar-refractivity contribution in [2.24, 2.45) is 0 Å². The Bertz CT molecular complexity index is 622. The first-order chi connectivity index (χ1) is 9.81. The summed E-state index contributed by atoms with van der Waals surface area (Å²) in [4.78, 5) is 0. The van der Waals surface area contributed by atoms with Crippen LogP contribution in [0, 0.1) is 13.8 Å². The fraction of sp³-hybridized carbons (Fsp3) is 0.474. The van der Waals surface area contributed by atoms with Gasteiger partial charge in [0.2, 0.25) is 0 Å². The number of furan rings is 1. The van der Waals surface area contributed by atoms with Crippen molar-refractivity contribution < 1.29 is 4.42 Å². The maximum Gasteiger partial charge on any atom is 0.106 e. The maximum atomic E-state index is 6.77. The van der Waals surface area contributed by atoms with Gasteiger partial charge in [0, 0.05) is 5.56 Å². The summed E-state index contributed by atoms with van der Waals surface area (Å²) in [5.41, 5.74) is 4.97. The van der Waals surface area contributed by atoms with E-state index in [-0.39, 0.29) is 5.38 Å². The Kier molecular flexibility index (Phi) is 4.83. The summed E-state index contributed by atoms with van der Waals surface area (Å²) in [7, 11) is 0. The minimum atomic E-state index is -0.152. The summed E-state index contributed by atoms with van der Waals surface area (Å²) < 4.78 is 5.63. The van der Waals surface area contributed by atoms with E-state index in [0.29, 0.717) is 11.8 Å². The van der Waals surface area contributed by atoms with Crippen LogP contribution in [0.2, 0.25) is 0 Å². The van der Waals surface area contributed by atoms with Crippen molar-refractivity contribution in [2.45, 2.75) is 58.8 Å². The van der Waals surface area contributed by atoms with Crippen molar-refractivity contribution in [2.75, 3.05) is 0 Å². The third-order valence-electron chi connectivity index (χ3n) is 4.02. The molecule has 0 bridgehead atoms. The molecule has 0 N–H and O–H groups in total. The first-order valence-corrected chi connectivity index (χ1v) is 8.09. The summed E-state index contributed by atoms with van der Waals surface area (Å²) in [6.45, 7) is 12.8. The predicted molar refractivity (Wildman–Crippen MR) is 90.5 cm³/mol. The van der Waals surface area contributed by atoms with E-state index >= 15 is 0 Å². The summed E-state index contributed by atoms with van der Waals surface area (Å²) >= 11 is 6.77. The Balaban J connectivity index is 2.50. The zero-order valence-electron chi connectivity index (χ0n) is 13.8. The topological polar surface area (TPSA) is 13.1 Å². The molecule has 2 heteroatoms. The summed E-state index contributed by atoms with van der Waals surface area (Å²) in [6.07, 6.45) is 0. The second-order valence-electron chi connectivity index (χ2n) is 6.43. The number of hydrogen-bond acceptors (Lipinski definition) is 1. The minimum absolute atomic E-state index is 0.152. The molecule has 0 aliphatic carbocycles. The lowest BCUT2D eigenvalue weighted by Crippen LogP contribution is -2.03. The number of benzene rings is 1. The van der Waals surface area contributed by atoms with E-state index in [1.165, 1.54) is 16.7 Å². The van der Waals surface area contributed by atoms with Crippen LogP contribution in [0.3, 0.4) is 0 Å². The molecule has 0 fully saturated rings. The first-order valence-electron chi connectivity index (χ1n) is 7.66. The zero-order valence-corrected chi connectivity index (χ0v) is 14.6. The Hall–Kier alpha value is -1.21. The van der Waals surface area contributed by atoms with Gasteiger partial charge in [-0.05, 0) is 48.4 Å². The molecule has 0 aliphatic rings. The molecular formula is C19H25ClO. The van der Waals surface area contributed by atoms with Crippen molar-refractivity contribution >= 4 is 11.6 Å². The highest BCUT2D eigenvalue weighted by atomic mass is 35.5. The van der Waals surface area contributed by atoms with Gasteiger partial charge in [-0.2, -0.15) is 0 Å². The van der Waals surface area contributed by atoms with Crippen LogP contribution >= 0.6 is 11.6 Å². The van der Waals surface area contributed by atoms with Crippen LogP contribution in [-0.4, -0.2) is 0 Å². The summed E-state index contributed by atoms with van der Waals surface area (Å²) in [5, 5.41) is -0.152. The second kappa shape index (κ2) is 6.27. The van der Waals surface area contributed by atoms with E-state index in [2.05, 4.69) is 45.9 Å². The van der Waals surface area contributed by atoms with Crippen LogP contribution in [-0.2, 0) is 0 Å². The average Bonchev–Trinajstić information content (AvgIpc) is 2.76. The van der Waals surface area contributed by atoms with Crippen molar-refractivity contribution in [1.29, 1.82) is 0 Å². The number of alkyl halides is 1. The van der Waals surface area contributed by atoms with Gasteiger partial charge in [-0.3, -0.25) is 0 Å². The lowest BCUT2D eigenvalue weighted by molar-refractivity contribution is 0.501. The van der Waals surface area contributed by atoms with Crippen LogP contribution in [0.25, 0.3) is 0 Å². The van der Waals surface area contributed by atoms with Crippen LogP contribution in [0.15, 0.2) is 28.7 Å². The van der Waals surface area contributed by atoms with Crippen molar-refractivity contribution in [3.8, 4) is 0 Å². The van der Waals surface area contributed by atoms with Gasteiger partial charge in [-0.25, -0.2) is 0 Å². The molecule has 21 heavy (non-hydrogen) atoms. The normalized spacial score (nSPS) is 13.2. The third-order valence-corrected chi connectivity index (χ3v) is 4.50. The van der Waals surface area contributed by atoms with E-state index in [0.717, 1.165) is 17.1 Å². The van der Waals surface area contributed by atoms with Gasteiger partial charge in [-0.15, -0.1) is 11.6 Å². The molecule has 1 heterocycles. The number of aryl methyl sites for hydroxylation is 2. The lowest BCUT2D eigenvalue weighted by atomic mass is 9.89. The number of rotatable bonds is 4. The highest BCUT2D eigenvalue weighted by molar-refractivity contribution is 6.22. The molecule has 1 aromatic heterocycles. The van der Waals surface area contributed by atoms with E-state index in [4.69, 9.17) is 16.0 Å². The van der Waals surface area contributed by atoms with Crippen molar-refractivity contribution in [3.05, 3.63) is 58.0 Å². The van der Waals surface area contributed by atoms with Crippen molar-refractivity contribution in [3.63, 3.8) is 0 Å². The van der Waals surface area contributed by atoms with Gasteiger partial charge in [0.05, 0.1) is 5.38 Å². The molecule has 2 aromatic rings. The standard InChI is InChI=1S/C19H25ClO/c1-11(2)15-7-8-16(17(10-15)12(3)4)19(20)18-9-13(5)21-14(18)6/h7-12,19H,1-6H3. The molecule has 0 saturated heterocycles. The van der Waals surface area contributed by atoms with Gasteiger partial charge in [-0.1, -0.05) is 45.9 Å². The first kappa shape index (κ1) is 16.2. The average molecular weight is 305 g/mol. The monoisotopic (exact) mass is 304 g/mol. The molecule has 0 amide bonds. The Labute approximate surface area is 133 Å². The van der Waals surface area contributed by atoms with E-state index in [1.54, 1.807) is 0 Å². The molecule has 1 nitrogen and oxygen atoms in total. The second-order valence-corrected chi connectivity index (χ2v) is 6.87. The molecule has 0 radical (unpaired) electrons. The molecule has 0 spiro atoms. The van der Waals surface area contributed by atoms with Crippen LogP contribution in [0.5, 0.6) is 0 Å². The molecule has 2 rings (SSSR count). The molecule has 0 saturated carbocycles. The number of halogens is 1. The predicted octanol–water partition coefficient (Wildman–Crippen LogP) is 6.47. The lowest BCUT2D eigenvalue weighted by Gasteiger charge is -2.19. The maximum absolute atomic E-state index is 6.77. The molecular weight excluding hydrogens is 280 g/mol. The molecule has 1 unspecified atom stereocenters. The Morgan fingerprint density at radius 1 is 0.857 bits per heavy atom. The summed E-state index contributed by atoms with van der Waals surface area (Å²) in [6, 6.07) is 8.74. The van der Waals surface area contributed by atoms with E-state index in [1.807, 2.05) is 19.9 Å². The third kappa shape index (κ3) is 3.35. The van der Waals surface area contributed by atoms with Crippen LogP contribution < -0.4 is 0 Å². The molecule has 114 valence electrons. The van der Waals surface area contributed by atoms with Gasteiger partial charge >= 0.3 is 0 Å². The fourth-order valence-electron chi connectivity index (χ4n) is 2.75. The van der Waals surface area contributed by atoms with Crippen molar-refractivity contribution in [1.82, 2.24) is 0 Å². The number of hydrogen-bond donors (Lipinski definition) is 0. The van der Waals surface area contributed by atoms with Gasteiger partial charge in [0.15, 0.2) is 0 Å². The zero-order chi connectivity index (χ0) is 15.7. The van der Waals surface area contributed by atoms with Crippen LogP contribution in [0.4, 0.5) is 0 Å². The largest absolute Gasteiger partial charge is 0.466 e. The van der Waals surface area contributed by atoms with Gasteiger partial charge in [0.25, 0.3) is 0 Å². The molecule has 0 aliphatic heterocycles. The highest BCUT2D eigenvalue weighted by Gasteiger charge is 2.21. The van der Waals surface area contributed by atoms with Gasteiger partial charge < -0.3 is 4.42 Å². The van der Waals surface area contributed by atoms with Crippen LogP contribution in [0.1, 0.15) is 78.7 Å². The molecule has 1 aromatic carbocycles. The minimum Gasteiger partial charge on any atom is -0.466 e. The SMILES string of the molecule is Cc1cc(C(Cl)c2ccc(C(C)C)cc2C(C)C)c(C)o1. The van der Waals surface area contributed by atoms with E-state index in [9.17, 15) is 0 Å². The fourth-order valence-corrected chi connectivity index (χ4v) is 3.17. The van der Waals surface area contributed by atoms with E-state index < -0.39 is 0 Å². The highest BCUT2D eigenvalue weighted by Crippen LogP contribution is 2.38. The van der Waals surface area contributed by atoms with Gasteiger partial charge in [0.1, 0.15) is 11.5 Å². The molecule has 1 atom stereocenters. The smallest absolute Gasteiger partial charge is 0.106 e. The Morgan fingerprint density at radius 3 is 2.00 bits per heavy atom. The quantitative estimate of drug-likeness (QED) is 0.590.